The standard InChI is InChI=1S/C21H26ClN5O/c1-14-5-3-6-15(2)27(14)12-4-11-23-20-18-19(16-7-9-17(22)10-8-16)26-28-21(18)25-13-24-20/h7-10,13-15H,3-6,11-12H2,1-2H3,(H,23,24,25)/t14-,15-/m1/s1. The van der Waals surface area contributed by atoms with Gasteiger partial charge in [0.15, 0.2) is 0 Å². The molecule has 0 saturated carbocycles. The number of nitrogens with zero attached hydrogens (tertiary/aromatic N) is 4. The summed E-state index contributed by atoms with van der Waals surface area (Å²) in [5.74, 6) is 0.760. The van der Waals surface area contributed by atoms with Crippen LogP contribution in [-0.2, 0) is 0 Å². The number of anilines is 1. The van der Waals surface area contributed by atoms with Crippen LogP contribution in [0, 0.1) is 0 Å². The number of likely N-dealkylation sites (tertiary alicyclic amines) is 1. The van der Waals surface area contributed by atoms with Crippen molar-refractivity contribution in [2.75, 3.05) is 18.4 Å². The van der Waals surface area contributed by atoms with Crippen molar-refractivity contribution in [3.05, 3.63) is 35.6 Å². The van der Waals surface area contributed by atoms with E-state index in [9.17, 15) is 0 Å². The Bertz CT molecular complexity index is 916. The minimum absolute atomic E-state index is 0.487. The van der Waals surface area contributed by atoms with E-state index in [1.165, 1.54) is 25.6 Å². The summed E-state index contributed by atoms with van der Waals surface area (Å²) in [6.07, 6.45) is 6.51. The second-order valence-electron chi connectivity index (χ2n) is 7.59. The van der Waals surface area contributed by atoms with E-state index in [-0.39, 0.29) is 0 Å². The molecule has 2 aromatic heterocycles. The Balaban J connectivity index is 1.47. The van der Waals surface area contributed by atoms with E-state index < -0.39 is 0 Å². The zero-order valence-electron chi connectivity index (χ0n) is 16.4. The molecule has 1 saturated heterocycles. The van der Waals surface area contributed by atoms with Crippen molar-refractivity contribution in [1.29, 1.82) is 0 Å². The molecule has 0 radical (unpaired) electrons. The van der Waals surface area contributed by atoms with E-state index in [2.05, 4.69) is 39.2 Å². The predicted molar refractivity (Wildman–Crippen MR) is 113 cm³/mol. The van der Waals surface area contributed by atoms with Gasteiger partial charge in [-0.3, -0.25) is 4.90 Å². The second kappa shape index (κ2) is 8.45. The average molecular weight is 400 g/mol. The first-order chi connectivity index (χ1) is 13.6. The molecule has 1 N–H and O–H groups in total. The topological polar surface area (TPSA) is 67.1 Å². The molecule has 1 aliphatic rings. The number of hydrogen-bond donors (Lipinski definition) is 1. The van der Waals surface area contributed by atoms with E-state index in [4.69, 9.17) is 16.1 Å². The molecule has 1 aromatic carbocycles. The third-order valence-electron chi connectivity index (χ3n) is 5.65. The Morgan fingerprint density at radius 2 is 1.89 bits per heavy atom. The lowest BCUT2D eigenvalue weighted by Crippen LogP contribution is -2.44. The maximum atomic E-state index is 6.01. The summed E-state index contributed by atoms with van der Waals surface area (Å²) in [6, 6.07) is 8.88. The molecule has 7 heteroatoms. The van der Waals surface area contributed by atoms with Gasteiger partial charge in [-0.1, -0.05) is 35.3 Å². The van der Waals surface area contributed by atoms with Crippen LogP contribution in [0.2, 0.25) is 5.02 Å². The largest absolute Gasteiger partial charge is 0.369 e. The maximum Gasteiger partial charge on any atom is 0.263 e. The fourth-order valence-electron chi connectivity index (χ4n) is 4.11. The summed E-state index contributed by atoms with van der Waals surface area (Å²) in [6.45, 7) is 6.61. The van der Waals surface area contributed by atoms with Crippen LogP contribution in [0.25, 0.3) is 22.4 Å². The molecule has 2 atom stereocenters. The Hall–Kier alpha value is -2.18. The Morgan fingerprint density at radius 3 is 2.64 bits per heavy atom. The summed E-state index contributed by atoms with van der Waals surface area (Å²) in [7, 11) is 0. The first kappa shape index (κ1) is 19.2. The summed E-state index contributed by atoms with van der Waals surface area (Å²) >= 11 is 6.01. The normalized spacial score (nSPS) is 20.5. The van der Waals surface area contributed by atoms with Gasteiger partial charge in [0.2, 0.25) is 0 Å². The summed E-state index contributed by atoms with van der Waals surface area (Å²) in [5.41, 5.74) is 2.14. The van der Waals surface area contributed by atoms with Crippen molar-refractivity contribution in [2.24, 2.45) is 0 Å². The molecule has 4 rings (SSSR count). The first-order valence-corrected chi connectivity index (χ1v) is 10.4. The molecule has 0 aliphatic carbocycles. The predicted octanol–water partition coefficient (Wildman–Crippen LogP) is 5.00. The molecule has 148 valence electrons. The van der Waals surface area contributed by atoms with Gasteiger partial charge in [0.05, 0.1) is 0 Å². The van der Waals surface area contributed by atoms with Crippen LogP contribution in [-0.4, -0.2) is 45.2 Å². The molecule has 0 unspecified atom stereocenters. The van der Waals surface area contributed by atoms with Crippen molar-refractivity contribution >= 4 is 28.5 Å². The lowest BCUT2D eigenvalue weighted by atomic mass is 9.97. The summed E-state index contributed by atoms with van der Waals surface area (Å²) < 4.78 is 5.42. The van der Waals surface area contributed by atoms with Crippen molar-refractivity contribution in [3.8, 4) is 11.3 Å². The molecule has 1 fully saturated rings. The Labute approximate surface area is 170 Å². The number of fused-ring (bicyclic) bond motifs is 1. The third kappa shape index (κ3) is 3.98. The average Bonchev–Trinajstić information content (AvgIpc) is 3.12. The number of hydrogen-bond acceptors (Lipinski definition) is 6. The second-order valence-corrected chi connectivity index (χ2v) is 8.02. The Morgan fingerprint density at radius 1 is 1.14 bits per heavy atom. The fourth-order valence-corrected chi connectivity index (χ4v) is 4.24. The number of aromatic nitrogens is 3. The highest BCUT2D eigenvalue weighted by Crippen LogP contribution is 2.31. The number of rotatable bonds is 6. The minimum Gasteiger partial charge on any atom is -0.369 e. The smallest absolute Gasteiger partial charge is 0.263 e. The highest BCUT2D eigenvalue weighted by molar-refractivity contribution is 6.30. The monoisotopic (exact) mass is 399 g/mol. The van der Waals surface area contributed by atoms with E-state index in [1.807, 2.05) is 24.3 Å². The van der Waals surface area contributed by atoms with Crippen LogP contribution < -0.4 is 5.32 Å². The summed E-state index contributed by atoms with van der Waals surface area (Å²) in [4.78, 5) is 11.3. The molecule has 0 amide bonds. The van der Waals surface area contributed by atoms with Gasteiger partial charge in [0.1, 0.15) is 23.2 Å². The molecule has 3 aromatic rings. The zero-order valence-corrected chi connectivity index (χ0v) is 17.1. The Kier molecular flexibility index (Phi) is 5.78. The number of piperidine rings is 1. The van der Waals surface area contributed by atoms with E-state index >= 15 is 0 Å². The quantitative estimate of drug-likeness (QED) is 0.588. The molecular formula is C21H26ClN5O. The highest BCUT2D eigenvalue weighted by Gasteiger charge is 2.24. The highest BCUT2D eigenvalue weighted by atomic mass is 35.5. The van der Waals surface area contributed by atoms with Crippen molar-refractivity contribution in [2.45, 2.75) is 51.6 Å². The van der Waals surface area contributed by atoms with E-state index in [0.29, 0.717) is 22.8 Å². The lowest BCUT2D eigenvalue weighted by molar-refractivity contribution is 0.103. The minimum atomic E-state index is 0.487. The van der Waals surface area contributed by atoms with E-state index in [0.717, 1.165) is 42.0 Å². The lowest BCUT2D eigenvalue weighted by Gasteiger charge is -2.39. The van der Waals surface area contributed by atoms with Gasteiger partial charge in [0, 0.05) is 35.8 Å². The molecule has 3 heterocycles. The molecule has 0 bridgehead atoms. The van der Waals surface area contributed by atoms with Gasteiger partial charge in [-0.05, 0) is 45.2 Å². The number of nitrogens with one attached hydrogen (secondary N) is 1. The van der Waals surface area contributed by atoms with Gasteiger partial charge in [0.25, 0.3) is 5.71 Å². The van der Waals surface area contributed by atoms with Gasteiger partial charge in [-0.15, -0.1) is 0 Å². The molecule has 1 aliphatic heterocycles. The van der Waals surface area contributed by atoms with Crippen molar-refractivity contribution < 1.29 is 4.52 Å². The molecular weight excluding hydrogens is 374 g/mol. The van der Waals surface area contributed by atoms with Crippen molar-refractivity contribution in [1.82, 2.24) is 20.0 Å². The van der Waals surface area contributed by atoms with Crippen LogP contribution in [0.15, 0.2) is 35.1 Å². The number of halogens is 1. The fraction of sp³-hybridized carbons (Fsp3) is 0.476. The molecule has 6 nitrogen and oxygen atoms in total. The SMILES string of the molecule is C[C@@H]1CCC[C@@H](C)N1CCCNc1ncnc2onc(-c3ccc(Cl)cc3)c12. The van der Waals surface area contributed by atoms with Crippen LogP contribution in [0.3, 0.4) is 0 Å². The number of benzene rings is 1. The maximum absolute atomic E-state index is 6.01. The van der Waals surface area contributed by atoms with Crippen LogP contribution >= 0.6 is 11.6 Å². The van der Waals surface area contributed by atoms with Gasteiger partial charge in [-0.25, -0.2) is 4.98 Å². The van der Waals surface area contributed by atoms with Gasteiger partial charge in [-0.2, -0.15) is 4.98 Å². The van der Waals surface area contributed by atoms with Crippen LogP contribution in [0.4, 0.5) is 5.82 Å². The van der Waals surface area contributed by atoms with Crippen LogP contribution in [0.5, 0.6) is 0 Å². The van der Waals surface area contributed by atoms with Crippen molar-refractivity contribution in [3.63, 3.8) is 0 Å². The van der Waals surface area contributed by atoms with E-state index in [1.54, 1.807) is 0 Å². The third-order valence-corrected chi connectivity index (χ3v) is 5.90. The van der Waals surface area contributed by atoms with Gasteiger partial charge >= 0.3 is 0 Å². The molecule has 0 spiro atoms. The van der Waals surface area contributed by atoms with Gasteiger partial charge < -0.3 is 9.84 Å². The zero-order chi connectivity index (χ0) is 19.5. The molecule has 28 heavy (non-hydrogen) atoms. The summed E-state index contributed by atoms with van der Waals surface area (Å²) in [5, 5.41) is 9.17. The van der Waals surface area contributed by atoms with Crippen LogP contribution in [0.1, 0.15) is 39.5 Å². The first-order valence-electron chi connectivity index (χ1n) is 9.99.